The van der Waals surface area contributed by atoms with Crippen molar-refractivity contribution in [3.05, 3.63) is 22.5 Å². The maximum atomic E-state index is 13.0. The number of aromatic amines is 1. The Hall–Kier alpha value is -2.31. The van der Waals surface area contributed by atoms with Crippen LogP contribution in [0.4, 0.5) is 0 Å². The van der Waals surface area contributed by atoms with Crippen molar-refractivity contribution in [2.75, 3.05) is 13.1 Å². The number of aryl methyl sites for hydroxylation is 1. The van der Waals surface area contributed by atoms with Crippen LogP contribution in [0.3, 0.4) is 0 Å². The standard InChI is InChI=1S/C22H35N3O4/c1-7-14(4)23-18(26)12-17-8-10-25(11-9-17)21(27)20-15(5)19(16(6)24-20)22(28)29-13(2)3/h13-14,17,24H,7-12H2,1-6H3,(H,23,26)/t14-/m1/s1. The first-order chi connectivity index (χ1) is 13.6. The van der Waals surface area contributed by atoms with Crippen molar-refractivity contribution >= 4 is 17.8 Å². The first-order valence-corrected chi connectivity index (χ1v) is 10.6. The molecule has 0 spiro atoms. The summed E-state index contributed by atoms with van der Waals surface area (Å²) in [7, 11) is 0. The van der Waals surface area contributed by atoms with Crippen LogP contribution in [0.1, 0.15) is 85.5 Å². The molecule has 7 heteroatoms. The van der Waals surface area contributed by atoms with Gasteiger partial charge in [0.2, 0.25) is 5.91 Å². The molecule has 2 N–H and O–H groups in total. The first-order valence-electron chi connectivity index (χ1n) is 10.6. The summed E-state index contributed by atoms with van der Waals surface area (Å²) in [5, 5.41) is 3.01. The van der Waals surface area contributed by atoms with Crippen LogP contribution in [0, 0.1) is 19.8 Å². The highest BCUT2D eigenvalue weighted by atomic mass is 16.5. The lowest BCUT2D eigenvalue weighted by molar-refractivity contribution is -0.122. The normalized spacial score (nSPS) is 16.0. The zero-order chi connectivity index (χ0) is 21.7. The number of hydrogen-bond donors (Lipinski definition) is 2. The molecule has 1 fully saturated rings. The molecule has 2 rings (SSSR count). The summed E-state index contributed by atoms with van der Waals surface area (Å²) >= 11 is 0. The summed E-state index contributed by atoms with van der Waals surface area (Å²) in [6.45, 7) is 12.4. The summed E-state index contributed by atoms with van der Waals surface area (Å²) in [5.41, 5.74) is 2.17. The van der Waals surface area contributed by atoms with E-state index in [9.17, 15) is 14.4 Å². The summed E-state index contributed by atoms with van der Waals surface area (Å²) in [6.07, 6.45) is 2.83. The molecule has 2 amide bonds. The van der Waals surface area contributed by atoms with Crippen LogP contribution in [0.5, 0.6) is 0 Å². The molecule has 0 radical (unpaired) electrons. The predicted octanol–water partition coefficient (Wildman–Crippen LogP) is 3.35. The number of piperidine rings is 1. The van der Waals surface area contributed by atoms with E-state index in [4.69, 9.17) is 4.74 Å². The van der Waals surface area contributed by atoms with Gasteiger partial charge in [-0.3, -0.25) is 9.59 Å². The highest BCUT2D eigenvalue weighted by Crippen LogP contribution is 2.25. The van der Waals surface area contributed by atoms with E-state index in [2.05, 4.69) is 10.3 Å². The summed E-state index contributed by atoms with van der Waals surface area (Å²) in [6, 6.07) is 0.194. The van der Waals surface area contributed by atoms with Crippen LogP contribution < -0.4 is 5.32 Å². The first kappa shape index (κ1) is 23.0. The molecule has 0 saturated carbocycles. The Labute approximate surface area is 173 Å². The molecule has 2 heterocycles. The fourth-order valence-electron chi connectivity index (χ4n) is 3.74. The Morgan fingerprint density at radius 1 is 1.17 bits per heavy atom. The average Bonchev–Trinajstić information content (AvgIpc) is 2.95. The number of amides is 2. The second-order valence-corrected chi connectivity index (χ2v) is 8.40. The third-order valence-electron chi connectivity index (χ3n) is 5.59. The number of nitrogens with one attached hydrogen (secondary N) is 2. The average molecular weight is 406 g/mol. The molecule has 1 aromatic rings. The van der Waals surface area contributed by atoms with Gasteiger partial charge in [-0.05, 0) is 65.4 Å². The van der Waals surface area contributed by atoms with Crippen LogP contribution in [0.25, 0.3) is 0 Å². The molecule has 1 atom stereocenters. The van der Waals surface area contributed by atoms with Gasteiger partial charge in [0.05, 0.1) is 11.7 Å². The molecule has 0 bridgehead atoms. The molecule has 162 valence electrons. The quantitative estimate of drug-likeness (QED) is 0.681. The number of likely N-dealkylation sites (tertiary alicyclic amines) is 1. The molecule has 1 aliphatic rings. The number of esters is 1. The van der Waals surface area contributed by atoms with E-state index in [1.54, 1.807) is 32.6 Å². The van der Waals surface area contributed by atoms with Crippen LogP contribution in [0.2, 0.25) is 0 Å². The Morgan fingerprint density at radius 3 is 2.34 bits per heavy atom. The van der Waals surface area contributed by atoms with Crippen LogP contribution >= 0.6 is 0 Å². The zero-order valence-corrected chi connectivity index (χ0v) is 18.6. The highest BCUT2D eigenvalue weighted by Gasteiger charge is 2.29. The van der Waals surface area contributed by atoms with Gasteiger partial charge in [-0.1, -0.05) is 6.92 Å². The maximum Gasteiger partial charge on any atom is 0.340 e. The van der Waals surface area contributed by atoms with Gasteiger partial charge in [0.1, 0.15) is 5.69 Å². The lowest BCUT2D eigenvalue weighted by atomic mass is 9.92. The fraction of sp³-hybridized carbons (Fsp3) is 0.682. The SMILES string of the molecule is CC[C@@H](C)NC(=O)CC1CCN(C(=O)c2[nH]c(C)c(C(=O)OC(C)C)c2C)CC1. The molecule has 0 unspecified atom stereocenters. The Bertz CT molecular complexity index is 745. The number of carbonyl (C=O) groups excluding carboxylic acids is 3. The van der Waals surface area contributed by atoms with Gasteiger partial charge in [0.25, 0.3) is 5.91 Å². The van der Waals surface area contributed by atoms with E-state index < -0.39 is 5.97 Å². The number of nitrogens with zero attached hydrogens (tertiary/aromatic N) is 1. The molecule has 29 heavy (non-hydrogen) atoms. The highest BCUT2D eigenvalue weighted by molar-refractivity contribution is 6.00. The van der Waals surface area contributed by atoms with Gasteiger partial charge >= 0.3 is 5.97 Å². The van der Waals surface area contributed by atoms with Crippen molar-refractivity contribution in [2.45, 2.75) is 79.4 Å². The lowest BCUT2D eigenvalue weighted by Gasteiger charge is -2.32. The monoisotopic (exact) mass is 405 g/mol. The molecule has 0 aliphatic carbocycles. The second kappa shape index (κ2) is 9.94. The van der Waals surface area contributed by atoms with E-state index in [0.717, 1.165) is 19.3 Å². The van der Waals surface area contributed by atoms with Gasteiger partial charge in [-0.2, -0.15) is 0 Å². The molecular formula is C22H35N3O4. The van der Waals surface area contributed by atoms with Crippen molar-refractivity contribution in [2.24, 2.45) is 5.92 Å². The summed E-state index contributed by atoms with van der Waals surface area (Å²) < 4.78 is 5.30. The van der Waals surface area contributed by atoms with Gasteiger partial charge in [0.15, 0.2) is 0 Å². The lowest BCUT2D eigenvalue weighted by Crippen LogP contribution is -2.40. The maximum absolute atomic E-state index is 13.0. The van der Waals surface area contributed by atoms with Crippen molar-refractivity contribution < 1.29 is 19.1 Å². The Morgan fingerprint density at radius 2 is 1.79 bits per heavy atom. The third kappa shape index (κ3) is 5.84. The van der Waals surface area contributed by atoms with E-state index in [-0.39, 0.29) is 24.0 Å². The number of H-pyrrole nitrogens is 1. The topological polar surface area (TPSA) is 91.5 Å². The van der Waals surface area contributed by atoms with Crippen molar-refractivity contribution in [1.29, 1.82) is 0 Å². The van der Waals surface area contributed by atoms with E-state index in [0.29, 0.717) is 47.9 Å². The Balaban J connectivity index is 1.97. The second-order valence-electron chi connectivity index (χ2n) is 8.40. The van der Waals surface area contributed by atoms with Crippen LogP contribution in [-0.2, 0) is 9.53 Å². The smallest absolute Gasteiger partial charge is 0.340 e. The molecule has 1 saturated heterocycles. The van der Waals surface area contributed by atoms with E-state index in [1.165, 1.54) is 0 Å². The van der Waals surface area contributed by atoms with Gasteiger partial charge in [-0.25, -0.2) is 4.79 Å². The van der Waals surface area contributed by atoms with Crippen LogP contribution in [0.15, 0.2) is 0 Å². The predicted molar refractivity (Wildman–Crippen MR) is 112 cm³/mol. The van der Waals surface area contributed by atoms with Crippen LogP contribution in [-0.4, -0.2) is 52.9 Å². The molecule has 1 aromatic heterocycles. The minimum Gasteiger partial charge on any atom is -0.459 e. The van der Waals surface area contributed by atoms with Crippen molar-refractivity contribution in [3.63, 3.8) is 0 Å². The summed E-state index contributed by atoms with van der Waals surface area (Å²) in [4.78, 5) is 42.3. The van der Waals surface area contributed by atoms with Gasteiger partial charge in [0, 0.05) is 31.2 Å². The van der Waals surface area contributed by atoms with Gasteiger partial charge in [-0.15, -0.1) is 0 Å². The molecule has 7 nitrogen and oxygen atoms in total. The van der Waals surface area contributed by atoms with Crippen molar-refractivity contribution in [1.82, 2.24) is 15.2 Å². The summed E-state index contributed by atoms with van der Waals surface area (Å²) in [5.74, 6) is -0.118. The van der Waals surface area contributed by atoms with Gasteiger partial charge < -0.3 is 19.9 Å². The third-order valence-corrected chi connectivity index (χ3v) is 5.59. The molecule has 0 aromatic carbocycles. The Kier molecular flexibility index (Phi) is 7.88. The fourth-order valence-corrected chi connectivity index (χ4v) is 3.74. The number of ether oxygens (including phenoxy) is 1. The van der Waals surface area contributed by atoms with Crippen molar-refractivity contribution in [3.8, 4) is 0 Å². The largest absolute Gasteiger partial charge is 0.459 e. The number of hydrogen-bond acceptors (Lipinski definition) is 4. The number of rotatable bonds is 7. The van der Waals surface area contributed by atoms with E-state index in [1.807, 2.05) is 13.8 Å². The molecular weight excluding hydrogens is 370 g/mol. The minimum atomic E-state index is -0.406. The molecule has 1 aliphatic heterocycles. The zero-order valence-electron chi connectivity index (χ0n) is 18.6. The van der Waals surface area contributed by atoms with E-state index >= 15 is 0 Å². The number of aromatic nitrogens is 1. The minimum absolute atomic E-state index is 0.0910. The number of carbonyl (C=O) groups is 3.